The van der Waals surface area contributed by atoms with Gasteiger partial charge >= 0.3 is 0 Å². The number of methoxy groups -OCH3 is 1. The highest BCUT2D eigenvalue weighted by Crippen LogP contribution is 2.39. The van der Waals surface area contributed by atoms with Crippen LogP contribution < -0.4 is 14.8 Å². The molecule has 2 aliphatic heterocycles. The number of halogens is 2. The third-order valence-corrected chi connectivity index (χ3v) is 7.86. The lowest BCUT2D eigenvalue weighted by Gasteiger charge is -2.29. The van der Waals surface area contributed by atoms with E-state index in [-0.39, 0.29) is 33.9 Å². The Bertz CT molecular complexity index is 1600. The van der Waals surface area contributed by atoms with Gasteiger partial charge in [0.25, 0.3) is 17.1 Å². The van der Waals surface area contributed by atoms with E-state index < -0.39 is 29.5 Å². The Balaban J connectivity index is 1.23. The molecule has 0 aromatic heterocycles. The van der Waals surface area contributed by atoms with E-state index in [9.17, 15) is 23.6 Å². The molecular formula is C30H25ClFN3O6S. The Hall–Kier alpha value is -4.35. The Kier molecular flexibility index (Phi) is 8.79. The molecule has 0 aliphatic carbocycles. The van der Waals surface area contributed by atoms with Gasteiger partial charge in [0, 0.05) is 18.8 Å². The zero-order chi connectivity index (χ0) is 29.8. The maximum absolute atomic E-state index is 13.1. The number of benzene rings is 3. The second-order valence-electron chi connectivity index (χ2n) is 9.48. The van der Waals surface area contributed by atoms with Crippen LogP contribution in [0.2, 0.25) is 5.02 Å². The molecule has 0 spiro atoms. The number of amides is 4. The molecule has 12 heteroatoms. The minimum Gasteiger partial charge on any atom is -0.493 e. The summed E-state index contributed by atoms with van der Waals surface area (Å²) in [6, 6.07) is 16.2. The van der Waals surface area contributed by atoms with E-state index in [1.54, 1.807) is 11.0 Å². The first-order chi connectivity index (χ1) is 20.2. The number of nitrogens with one attached hydrogen (secondary N) is 1. The number of thioether (sulfide) groups is 1. The third-order valence-electron chi connectivity index (χ3n) is 6.68. The summed E-state index contributed by atoms with van der Waals surface area (Å²) in [5, 5.41) is 2.15. The van der Waals surface area contributed by atoms with E-state index in [1.807, 2.05) is 24.3 Å². The second kappa shape index (κ2) is 12.7. The number of fused-ring (bicyclic) bond motifs is 1. The lowest BCUT2D eigenvalue weighted by Crippen LogP contribution is -2.44. The number of anilines is 1. The lowest BCUT2D eigenvalue weighted by atomic mass is 10.00. The molecule has 2 heterocycles. The zero-order valence-electron chi connectivity index (χ0n) is 22.4. The Morgan fingerprint density at radius 1 is 1.10 bits per heavy atom. The van der Waals surface area contributed by atoms with Crippen molar-refractivity contribution in [2.24, 2.45) is 0 Å². The number of carbonyl (C=O) groups excluding carboxylic acids is 4. The van der Waals surface area contributed by atoms with E-state index in [2.05, 4.69) is 5.32 Å². The number of hydrogen-bond donors (Lipinski definition) is 1. The highest BCUT2D eigenvalue weighted by molar-refractivity contribution is 8.18. The van der Waals surface area contributed by atoms with Crippen LogP contribution in [0.4, 0.5) is 14.9 Å². The van der Waals surface area contributed by atoms with Crippen LogP contribution in [-0.2, 0) is 27.3 Å². The molecule has 216 valence electrons. The normalized spacial score (nSPS) is 15.5. The van der Waals surface area contributed by atoms with Crippen molar-refractivity contribution in [2.45, 2.75) is 13.0 Å². The van der Waals surface area contributed by atoms with E-state index in [1.165, 1.54) is 49.1 Å². The summed E-state index contributed by atoms with van der Waals surface area (Å²) < 4.78 is 24.0. The predicted octanol–water partition coefficient (Wildman–Crippen LogP) is 5.13. The maximum atomic E-state index is 13.1. The first-order valence-corrected chi connectivity index (χ1v) is 14.1. The molecular weight excluding hydrogens is 585 g/mol. The number of ether oxygens (including phenoxy) is 2. The monoisotopic (exact) mass is 609 g/mol. The Labute approximate surface area is 250 Å². The average molecular weight is 610 g/mol. The second-order valence-corrected chi connectivity index (χ2v) is 10.9. The molecule has 9 nitrogen and oxygen atoms in total. The summed E-state index contributed by atoms with van der Waals surface area (Å²) >= 11 is 7.15. The van der Waals surface area contributed by atoms with Crippen LogP contribution in [0.25, 0.3) is 6.08 Å². The van der Waals surface area contributed by atoms with Crippen molar-refractivity contribution in [3.63, 3.8) is 0 Å². The number of nitrogens with zero attached hydrogens (tertiary/aromatic N) is 2. The molecule has 3 aromatic rings. The predicted molar refractivity (Wildman–Crippen MR) is 157 cm³/mol. The van der Waals surface area contributed by atoms with Crippen molar-refractivity contribution < 1.29 is 33.0 Å². The summed E-state index contributed by atoms with van der Waals surface area (Å²) in [5.74, 6) is -1.51. The van der Waals surface area contributed by atoms with Gasteiger partial charge in [-0.3, -0.25) is 24.1 Å². The van der Waals surface area contributed by atoms with Crippen LogP contribution in [0.5, 0.6) is 11.5 Å². The van der Waals surface area contributed by atoms with Crippen LogP contribution in [0, 0.1) is 5.82 Å². The summed E-state index contributed by atoms with van der Waals surface area (Å²) in [6.45, 7) is 0.202. The molecule has 1 saturated heterocycles. The molecule has 3 aromatic carbocycles. The fourth-order valence-corrected chi connectivity index (χ4v) is 5.67. The molecule has 0 unspecified atom stereocenters. The van der Waals surface area contributed by atoms with Gasteiger partial charge in [0.05, 0.1) is 17.0 Å². The highest BCUT2D eigenvalue weighted by Gasteiger charge is 2.37. The van der Waals surface area contributed by atoms with Gasteiger partial charge in [0.1, 0.15) is 12.4 Å². The number of hydrogen-bond acceptors (Lipinski definition) is 7. The fraction of sp³-hybridized carbons (Fsp3) is 0.200. The lowest BCUT2D eigenvalue weighted by molar-refractivity contribution is -0.136. The topological polar surface area (TPSA) is 105 Å². The molecule has 0 radical (unpaired) electrons. The van der Waals surface area contributed by atoms with Gasteiger partial charge < -0.3 is 19.7 Å². The van der Waals surface area contributed by atoms with Gasteiger partial charge in [-0.2, -0.15) is 0 Å². The van der Waals surface area contributed by atoms with Crippen molar-refractivity contribution in [3.8, 4) is 11.5 Å². The Morgan fingerprint density at radius 2 is 1.83 bits per heavy atom. The van der Waals surface area contributed by atoms with Crippen molar-refractivity contribution in [1.82, 2.24) is 9.80 Å². The first kappa shape index (κ1) is 29.2. The molecule has 0 bridgehead atoms. The average Bonchev–Trinajstić information content (AvgIpc) is 3.24. The minimum absolute atomic E-state index is 0.104. The quantitative estimate of drug-likeness (QED) is 0.353. The van der Waals surface area contributed by atoms with E-state index in [0.29, 0.717) is 30.8 Å². The summed E-state index contributed by atoms with van der Waals surface area (Å²) in [4.78, 5) is 53.7. The van der Waals surface area contributed by atoms with Crippen molar-refractivity contribution >= 4 is 58.1 Å². The SMILES string of the molecule is COc1cc(/C=C2\SC(=O)N(CC(=O)N3CCc4ccccc4C3)C2=O)cc(Cl)c1OCC(=O)Nc1ccc(F)cc1. The molecule has 0 saturated carbocycles. The first-order valence-electron chi connectivity index (χ1n) is 12.9. The van der Waals surface area contributed by atoms with Crippen LogP contribution in [0.15, 0.2) is 65.6 Å². The molecule has 1 N–H and O–H groups in total. The van der Waals surface area contributed by atoms with Gasteiger partial charge in [-0.25, -0.2) is 4.39 Å². The van der Waals surface area contributed by atoms with Gasteiger partial charge in [-0.1, -0.05) is 35.9 Å². The molecule has 2 aliphatic rings. The van der Waals surface area contributed by atoms with E-state index in [0.717, 1.165) is 22.2 Å². The van der Waals surface area contributed by atoms with Crippen molar-refractivity contribution in [3.05, 3.63) is 93.1 Å². The van der Waals surface area contributed by atoms with Gasteiger partial charge in [-0.05, 0) is 77.3 Å². The van der Waals surface area contributed by atoms with Crippen molar-refractivity contribution in [2.75, 3.05) is 32.1 Å². The van der Waals surface area contributed by atoms with Crippen LogP contribution in [-0.4, -0.2) is 59.6 Å². The van der Waals surface area contributed by atoms with Crippen LogP contribution in [0.3, 0.4) is 0 Å². The molecule has 0 atom stereocenters. The Morgan fingerprint density at radius 3 is 2.57 bits per heavy atom. The standard InChI is InChI=1S/C30H25ClFN3O6S/c1-40-24-13-18(12-23(31)28(24)41-17-26(36)33-22-8-6-21(32)7-9-22)14-25-29(38)35(30(39)42-25)16-27(37)34-11-10-19-4-2-3-5-20(19)15-34/h2-9,12-14H,10-11,15-17H2,1H3,(H,33,36)/b25-14-. The summed E-state index contributed by atoms with van der Waals surface area (Å²) in [7, 11) is 1.39. The molecule has 1 fully saturated rings. The molecule has 5 rings (SSSR count). The van der Waals surface area contributed by atoms with Gasteiger partial charge in [0.15, 0.2) is 18.1 Å². The van der Waals surface area contributed by atoms with Crippen LogP contribution >= 0.6 is 23.4 Å². The van der Waals surface area contributed by atoms with Gasteiger partial charge in [0.2, 0.25) is 5.91 Å². The summed E-state index contributed by atoms with van der Waals surface area (Å²) in [6.07, 6.45) is 2.19. The zero-order valence-corrected chi connectivity index (χ0v) is 24.0. The van der Waals surface area contributed by atoms with Gasteiger partial charge in [-0.15, -0.1) is 0 Å². The molecule has 4 amide bonds. The largest absolute Gasteiger partial charge is 0.493 e. The highest BCUT2D eigenvalue weighted by atomic mass is 35.5. The fourth-order valence-electron chi connectivity index (χ4n) is 4.56. The number of carbonyl (C=O) groups is 4. The van der Waals surface area contributed by atoms with E-state index >= 15 is 0 Å². The number of rotatable bonds is 8. The molecule has 42 heavy (non-hydrogen) atoms. The third kappa shape index (κ3) is 6.58. The van der Waals surface area contributed by atoms with E-state index in [4.69, 9.17) is 21.1 Å². The smallest absolute Gasteiger partial charge is 0.294 e. The summed E-state index contributed by atoms with van der Waals surface area (Å²) in [5.41, 5.74) is 3.09. The van der Waals surface area contributed by atoms with Crippen molar-refractivity contribution in [1.29, 1.82) is 0 Å². The number of imide groups is 1. The van der Waals surface area contributed by atoms with Crippen LogP contribution in [0.1, 0.15) is 16.7 Å². The minimum atomic E-state index is -0.580. The maximum Gasteiger partial charge on any atom is 0.294 e.